The number of aromatic hydroxyl groups is 1. The van der Waals surface area contributed by atoms with Crippen LogP contribution in [0.25, 0.3) is 6.08 Å². The maximum atomic E-state index is 13.2. The summed E-state index contributed by atoms with van der Waals surface area (Å²) in [5.74, 6) is -3.41. The van der Waals surface area contributed by atoms with Crippen molar-refractivity contribution in [3.63, 3.8) is 0 Å². The molecule has 2 aliphatic carbocycles. The zero-order valence-corrected chi connectivity index (χ0v) is 23.9. The topological polar surface area (TPSA) is 199 Å². The average molecular weight is 615 g/mol. The number of aliphatic hydroxyl groups is 4. The zero-order valence-electron chi connectivity index (χ0n) is 23.9. The molecular weight excluding hydrogens is 580 g/mol. The average Bonchev–Trinajstić information content (AvgIpc) is 3.56. The highest BCUT2D eigenvalue weighted by atomic mass is 16.7. The van der Waals surface area contributed by atoms with E-state index in [-0.39, 0.29) is 17.7 Å². The maximum absolute atomic E-state index is 13.2. The molecule has 13 nitrogen and oxygen atoms in total. The molecule has 0 radical (unpaired) electrons. The molecule has 1 aromatic rings. The van der Waals surface area contributed by atoms with Crippen molar-refractivity contribution in [1.82, 2.24) is 0 Å². The molecule has 4 aliphatic rings. The SMILES string of the molecule is COC(=O)C1=CC[C@@H](O[C@@H]2O[C@H](CO)[C@@H](O)[C@H](O)[C@H]2O)[C@H]2[C@@H]1C=C[C@@]21C=C([C@H](C)OC(=O)/C=C/c2ccc(O)cc2)C(=O)O1. The number of hydrogen-bond donors (Lipinski definition) is 5. The highest BCUT2D eigenvalue weighted by Crippen LogP contribution is 2.51. The Morgan fingerprint density at radius 3 is 2.55 bits per heavy atom. The van der Waals surface area contributed by atoms with Crippen LogP contribution in [0.5, 0.6) is 5.75 Å². The van der Waals surface area contributed by atoms with Gasteiger partial charge in [-0.1, -0.05) is 24.3 Å². The van der Waals surface area contributed by atoms with E-state index in [1.807, 2.05) is 0 Å². The Bertz CT molecular complexity index is 1390. The Morgan fingerprint density at radius 2 is 1.86 bits per heavy atom. The summed E-state index contributed by atoms with van der Waals surface area (Å²) in [5, 5.41) is 50.0. The third-order valence-corrected chi connectivity index (χ3v) is 8.30. The first-order chi connectivity index (χ1) is 21.0. The van der Waals surface area contributed by atoms with Gasteiger partial charge in [0, 0.05) is 23.5 Å². The predicted molar refractivity (Wildman–Crippen MR) is 149 cm³/mol. The number of fused-ring (bicyclic) bond motifs is 2. The summed E-state index contributed by atoms with van der Waals surface area (Å²) in [6.07, 6.45) is -0.294. The molecule has 2 heterocycles. The number of allylic oxidation sites excluding steroid dienone is 1. The van der Waals surface area contributed by atoms with E-state index in [2.05, 4.69) is 0 Å². The second kappa shape index (κ2) is 12.6. The zero-order chi connectivity index (χ0) is 31.8. The standard InChI is InChI=1S/C31H34O13/c1-15(41-23(34)10-5-16-3-6-17(33)7-4-16)20-13-31(44-29(20)39)12-11-18-19(28(38)40-2)8-9-21(24(18)31)42-30-27(37)26(36)25(35)22(14-32)43-30/h3-8,10-13,15,18,21-22,24-27,30,32-33,35-37H,9,14H2,1-2H3/b10-5+/t15-,18+,21+,22+,24+,25+,26-,27+,30+,31+/m0/s1. The Morgan fingerprint density at radius 1 is 1.14 bits per heavy atom. The van der Waals surface area contributed by atoms with Gasteiger partial charge in [0.1, 0.15) is 36.3 Å². The van der Waals surface area contributed by atoms with Crippen LogP contribution < -0.4 is 0 Å². The van der Waals surface area contributed by atoms with Gasteiger partial charge in [0.05, 0.1) is 25.4 Å². The molecule has 0 bridgehead atoms. The summed E-state index contributed by atoms with van der Waals surface area (Å²) in [6.45, 7) is 0.862. The number of phenolic OH excluding ortho intramolecular Hbond substituents is 1. The minimum atomic E-state index is -1.67. The van der Waals surface area contributed by atoms with Gasteiger partial charge in [0.25, 0.3) is 0 Å². The van der Waals surface area contributed by atoms with E-state index in [0.29, 0.717) is 11.1 Å². The molecule has 0 saturated carbocycles. The number of hydrogen-bond acceptors (Lipinski definition) is 13. The molecule has 5 rings (SSSR count). The summed E-state index contributed by atoms with van der Waals surface area (Å²) in [7, 11) is 1.24. The number of benzene rings is 1. The van der Waals surface area contributed by atoms with Crippen LogP contribution >= 0.6 is 0 Å². The molecule has 0 unspecified atom stereocenters. The van der Waals surface area contributed by atoms with Gasteiger partial charge in [0.15, 0.2) is 11.9 Å². The van der Waals surface area contributed by atoms with E-state index in [1.165, 1.54) is 44.4 Å². The van der Waals surface area contributed by atoms with Gasteiger partial charge in [-0.2, -0.15) is 0 Å². The lowest BCUT2D eigenvalue weighted by molar-refractivity contribution is -0.317. The highest BCUT2D eigenvalue weighted by Gasteiger charge is 2.58. The van der Waals surface area contributed by atoms with E-state index >= 15 is 0 Å². The molecule has 2 aliphatic heterocycles. The number of rotatable bonds is 8. The molecule has 0 aromatic heterocycles. The van der Waals surface area contributed by atoms with Crippen LogP contribution in [0.3, 0.4) is 0 Å². The quantitative estimate of drug-likeness (QED) is 0.114. The second-order valence-corrected chi connectivity index (χ2v) is 11.0. The number of phenols is 1. The summed E-state index contributed by atoms with van der Waals surface area (Å²) in [6, 6.07) is 6.15. The highest BCUT2D eigenvalue weighted by molar-refractivity contribution is 5.95. The van der Waals surface area contributed by atoms with Crippen molar-refractivity contribution in [2.45, 2.75) is 61.9 Å². The fourth-order valence-electron chi connectivity index (χ4n) is 6.05. The Labute approximate surface area is 252 Å². The van der Waals surface area contributed by atoms with E-state index < -0.39 is 84.9 Å². The molecule has 10 atom stereocenters. The van der Waals surface area contributed by atoms with Crippen LogP contribution in [0.2, 0.25) is 0 Å². The first-order valence-electron chi connectivity index (χ1n) is 14.1. The van der Waals surface area contributed by atoms with Crippen LogP contribution in [0, 0.1) is 11.8 Å². The fraction of sp³-hybridized carbons (Fsp3) is 0.452. The van der Waals surface area contributed by atoms with Gasteiger partial charge in [-0.05, 0) is 49.3 Å². The van der Waals surface area contributed by atoms with Crippen molar-refractivity contribution in [2.24, 2.45) is 11.8 Å². The monoisotopic (exact) mass is 614 g/mol. The van der Waals surface area contributed by atoms with Crippen molar-refractivity contribution in [3.8, 4) is 5.75 Å². The third kappa shape index (κ3) is 5.94. The van der Waals surface area contributed by atoms with Crippen molar-refractivity contribution >= 4 is 24.0 Å². The van der Waals surface area contributed by atoms with E-state index in [4.69, 9.17) is 23.7 Å². The Hall–Kier alpha value is -3.85. The summed E-state index contributed by atoms with van der Waals surface area (Å²) >= 11 is 0. The summed E-state index contributed by atoms with van der Waals surface area (Å²) in [5.41, 5.74) is -0.435. The largest absolute Gasteiger partial charge is 0.508 e. The number of esters is 3. The first kappa shape index (κ1) is 31.6. The van der Waals surface area contributed by atoms with Crippen molar-refractivity contribution < 1.29 is 63.6 Å². The lowest BCUT2D eigenvalue weighted by Gasteiger charge is -2.45. The molecule has 1 fully saturated rings. The second-order valence-electron chi connectivity index (χ2n) is 11.0. The van der Waals surface area contributed by atoms with Gasteiger partial charge in [-0.15, -0.1) is 0 Å². The van der Waals surface area contributed by atoms with Gasteiger partial charge >= 0.3 is 17.9 Å². The van der Waals surface area contributed by atoms with E-state index in [9.17, 15) is 39.9 Å². The molecular formula is C31H34O13. The number of carbonyl (C=O) groups excluding carboxylic acids is 3. The Kier molecular flexibility index (Phi) is 9.07. The van der Waals surface area contributed by atoms with Crippen LogP contribution in [0.1, 0.15) is 18.9 Å². The van der Waals surface area contributed by atoms with Gasteiger partial charge < -0.3 is 49.2 Å². The van der Waals surface area contributed by atoms with Crippen molar-refractivity contribution in [3.05, 3.63) is 71.4 Å². The molecule has 1 aromatic carbocycles. The molecule has 1 saturated heterocycles. The van der Waals surface area contributed by atoms with Gasteiger partial charge in [0.2, 0.25) is 0 Å². The first-order valence-corrected chi connectivity index (χ1v) is 14.1. The molecule has 13 heteroatoms. The van der Waals surface area contributed by atoms with Crippen molar-refractivity contribution in [2.75, 3.05) is 13.7 Å². The van der Waals surface area contributed by atoms with Crippen LogP contribution in [-0.2, 0) is 38.1 Å². The number of ether oxygens (including phenoxy) is 5. The number of carbonyl (C=O) groups is 3. The predicted octanol–water partition coefficient (Wildman–Crippen LogP) is 0.0495. The Balaban J connectivity index is 1.39. The maximum Gasteiger partial charge on any atom is 0.338 e. The molecule has 0 amide bonds. The molecule has 236 valence electrons. The normalized spacial score (nSPS) is 35.2. The minimum absolute atomic E-state index is 0.0578. The van der Waals surface area contributed by atoms with Gasteiger partial charge in [-0.25, -0.2) is 14.4 Å². The lowest BCUT2D eigenvalue weighted by Crippen LogP contribution is -2.60. The number of methoxy groups -OCH3 is 1. The van der Waals surface area contributed by atoms with E-state index in [0.717, 1.165) is 0 Å². The molecule has 5 N–H and O–H groups in total. The lowest BCUT2D eigenvalue weighted by atomic mass is 9.72. The van der Waals surface area contributed by atoms with Crippen LogP contribution in [0.4, 0.5) is 0 Å². The van der Waals surface area contributed by atoms with Gasteiger partial charge in [-0.3, -0.25) is 0 Å². The summed E-state index contributed by atoms with van der Waals surface area (Å²) < 4.78 is 28.0. The molecule has 44 heavy (non-hydrogen) atoms. The van der Waals surface area contributed by atoms with E-state index in [1.54, 1.807) is 30.4 Å². The summed E-state index contributed by atoms with van der Waals surface area (Å²) in [4.78, 5) is 38.3. The minimum Gasteiger partial charge on any atom is -0.508 e. The fourth-order valence-corrected chi connectivity index (χ4v) is 6.05. The van der Waals surface area contributed by atoms with Crippen LogP contribution in [0.15, 0.2) is 65.8 Å². The smallest absolute Gasteiger partial charge is 0.338 e. The molecule has 1 spiro atoms. The van der Waals surface area contributed by atoms with Crippen LogP contribution in [-0.4, -0.2) is 106 Å². The van der Waals surface area contributed by atoms with Crippen molar-refractivity contribution in [1.29, 1.82) is 0 Å². The number of aliphatic hydroxyl groups excluding tert-OH is 4. The third-order valence-electron chi connectivity index (χ3n) is 8.30.